The van der Waals surface area contributed by atoms with Gasteiger partial charge in [0.2, 0.25) is 5.91 Å². The lowest BCUT2D eigenvalue weighted by Crippen LogP contribution is -2.35. The summed E-state index contributed by atoms with van der Waals surface area (Å²) < 4.78 is 5.45. The molecule has 1 heterocycles. The Hall–Kier alpha value is -1.26. The molecule has 0 saturated heterocycles. The molecule has 0 spiro atoms. The van der Waals surface area contributed by atoms with Gasteiger partial charge in [-0.3, -0.25) is 4.79 Å². The molecule has 1 unspecified atom stereocenters. The quantitative estimate of drug-likeness (QED) is 0.827. The predicted molar refractivity (Wildman–Crippen MR) is 64.0 cm³/mol. The highest BCUT2D eigenvalue weighted by Crippen LogP contribution is 2.31. The number of likely N-dealkylation sites (N-methyl/N-ethyl adjacent to an activating group) is 1. The minimum Gasteiger partial charge on any atom is -0.491 e. The van der Waals surface area contributed by atoms with Crippen LogP contribution in [0.5, 0.6) is 5.75 Å². The third-order valence-corrected chi connectivity index (χ3v) is 2.37. The fraction of sp³-hybridized carbons (Fsp3) is 0.364. The molecule has 0 saturated carbocycles. The second-order valence-electron chi connectivity index (χ2n) is 3.50. The van der Waals surface area contributed by atoms with E-state index in [-0.39, 0.29) is 24.4 Å². The molecule has 1 amide bonds. The van der Waals surface area contributed by atoms with Gasteiger partial charge in [-0.2, -0.15) is 0 Å². The van der Waals surface area contributed by atoms with Crippen molar-refractivity contribution in [3.8, 4) is 5.75 Å². The maximum absolute atomic E-state index is 11.4. The van der Waals surface area contributed by atoms with Gasteiger partial charge in [0.1, 0.15) is 12.4 Å². The van der Waals surface area contributed by atoms with Gasteiger partial charge in [-0.05, 0) is 13.1 Å². The average Bonchev–Trinajstić information content (AvgIpc) is 2.62. The van der Waals surface area contributed by atoms with Crippen LogP contribution in [0.25, 0.3) is 0 Å². The monoisotopic (exact) mass is 242 g/mol. The van der Waals surface area contributed by atoms with E-state index in [1.54, 1.807) is 7.05 Å². The molecule has 1 aromatic carbocycles. The van der Waals surface area contributed by atoms with Crippen molar-refractivity contribution < 1.29 is 9.53 Å². The Balaban J connectivity index is 0.00000128. The van der Waals surface area contributed by atoms with Crippen LogP contribution in [-0.4, -0.2) is 26.1 Å². The number of fused-ring (bicyclic) bond motifs is 1. The van der Waals surface area contributed by atoms with E-state index >= 15 is 0 Å². The number of amides is 1. The molecule has 1 aliphatic rings. The Kier molecular flexibility index (Phi) is 4.58. The van der Waals surface area contributed by atoms with Gasteiger partial charge in [0.05, 0.1) is 12.6 Å². The van der Waals surface area contributed by atoms with Crippen molar-refractivity contribution in [1.29, 1.82) is 0 Å². The number of halogens is 1. The van der Waals surface area contributed by atoms with Gasteiger partial charge in [0.25, 0.3) is 0 Å². The lowest BCUT2D eigenvalue weighted by Gasteiger charge is -2.11. The molecule has 2 N–H and O–H groups in total. The number of ether oxygens (including phenoxy) is 1. The van der Waals surface area contributed by atoms with Crippen molar-refractivity contribution in [3.05, 3.63) is 29.8 Å². The smallest absolute Gasteiger partial charge is 0.234 e. The lowest BCUT2D eigenvalue weighted by molar-refractivity contribution is -0.121. The van der Waals surface area contributed by atoms with E-state index in [9.17, 15) is 4.79 Å². The summed E-state index contributed by atoms with van der Waals surface area (Å²) in [5, 5.41) is 5.72. The zero-order valence-corrected chi connectivity index (χ0v) is 9.84. The SMILES string of the molecule is CNCC(=O)NC1COc2ccccc21.Cl. The summed E-state index contributed by atoms with van der Waals surface area (Å²) in [4.78, 5) is 11.4. The van der Waals surface area contributed by atoms with Crippen LogP contribution in [0.3, 0.4) is 0 Å². The van der Waals surface area contributed by atoms with E-state index in [2.05, 4.69) is 10.6 Å². The second kappa shape index (κ2) is 5.72. The molecule has 88 valence electrons. The Morgan fingerprint density at radius 3 is 3.00 bits per heavy atom. The summed E-state index contributed by atoms with van der Waals surface area (Å²) in [5.74, 6) is 0.857. The fourth-order valence-corrected chi connectivity index (χ4v) is 1.69. The molecule has 0 aromatic heterocycles. The van der Waals surface area contributed by atoms with Crippen LogP contribution in [0, 0.1) is 0 Å². The first-order chi connectivity index (χ1) is 7.31. The first-order valence-electron chi connectivity index (χ1n) is 4.97. The fourth-order valence-electron chi connectivity index (χ4n) is 1.69. The summed E-state index contributed by atoms with van der Waals surface area (Å²) in [6, 6.07) is 7.76. The van der Waals surface area contributed by atoms with Gasteiger partial charge in [-0.25, -0.2) is 0 Å². The van der Waals surface area contributed by atoms with E-state index < -0.39 is 0 Å². The molecule has 4 nitrogen and oxygen atoms in total. The van der Waals surface area contributed by atoms with Gasteiger partial charge in [0.15, 0.2) is 0 Å². The summed E-state index contributed by atoms with van der Waals surface area (Å²) in [6.07, 6.45) is 0. The molecular formula is C11H15ClN2O2. The number of nitrogens with one attached hydrogen (secondary N) is 2. The van der Waals surface area contributed by atoms with Crippen molar-refractivity contribution in [3.63, 3.8) is 0 Å². The van der Waals surface area contributed by atoms with Crippen molar-refractivity contribution >= 4 is 18.3 Å². The summed E-state index contributed by atoms with van der Waals surface area (Å²) in [6.45, 7) is 0.855. The maximum Gasteiger partial charge on any atom is 0.234 e. The van der Waals surface area contributed by atoms with Crippen LogP contribution in [0.1, 0.15) is 11.6 Å². The Morgan fingerprint density at radius 1 is 1.50 bits per heavy atom. The van der Waals surface area contributed by atoms with Gasteiger partial charge in [-0.15, -0.1) is 12.4 Å². The number of rotatable bonds is 3. The van der Waals surface area contributed by atoms with Gasteiger partial charge in [0, 0.05) is 5.56 Å². The van der Waals surface area contributed by atoms with E-state index in [0.29, 0.717) is 13.2 Å². The highest BCUT2D eigenvalue weighted by Gasteiger charge is 2.24. The summed E-state index contributed by atoms with van der Waals surface area (Å²) >= 11 is 0. The molecule has 16 heavy (non-hydrogen) atoms. The molecule has 0 bridgehead atoms. The topological polar surface area (TPSA) is 50.4 Å². The molecule has 1 aliphatic heterocycles. The first kappa shape index (κ1) is 12.8. The van der Waals surface area contributed by atoms with E-state index in [4.69, 9.17) is 4.74 Å². The van der Waals surface area contributed by atoms with Crippen LogP contribution in [0.4, 0.5) is 0 Å². The zero-order valence-electron chi connectivity index (χ0n) is 9.03. The first-order valence-corrected chi connectivity index (χ1v) is 4.97. The largest absolute Gasteiger partial charge is 0.491 e. The molecular weight excluding hydrogens is 228 g/mol. The van der Waals surface area contributed by atoms with Crippen LogP contribution in [-0.2, 0) is 4.79 Å². The van der Waals surface area contributed by atoms with Gasteiger partial charge in [-0.1, -0.05) is 18.2 Å². The molecule has 0 radical (unpaired) electrons. The van der Waals surface area contributed by atoms with Crippen LogP contribution < -0.4 is 15.4 Å². The van der Waals surface area contributed by atoms with E-state index in [1.807, 2.05) is 24.3 Å². The van der Waals surface area contributed by atoms with Gasteiger partial charge >= 0.3 is 0 Å². The second-order valence-corrected chi connectivity index (χ2v) is 3.50. The normalized spacial score (nSPS) is 16.9. The predicted octanol–water partition coefficient (Wildman–Crippen LogP) is 0.877. The highest BCUT2D eigenvalue weighted by atomic mass is 35.5. The molecule has 0 fully saturated rings. The molecule has 2 rings (SSSR count). The third-order valence-electron chi connectivity index (χ3n) is 2.37. The maximum atomic E-state index is 11.4. The Labute approximate surface area is 101 Å². The third kappa shape index (κ3) is 2.65. The summed E-state index contributed by atoms with van der Waals surface area (Å²) in [5.41, 5.74) is 1.06. The van der Waals surface area contributed by atoms with Crippen molar-refractivity contribution in [2.45, 2.75) is 6.04 Å². The van der Waals surface area contributed by atoms with E-state index in [0.717, 1.165) is 11.3 Å². The summed E-state index contributed by atoms with van der Waals surface area (Å²) in [7, 11) is 1.75. The lowest BCUT2D eigenvalue weighted by atomic mass is 10.1. The molecule has 1 aromatic rings. The number of benzene rings is 1. The van der Waals surface area contributed by atoms with Crippen molar-refractivity contribution in [1.82, 2.24) is 10.6 Å². The van der Waals surface area contributed by atoms with Crippen LogP contribution in [0.2, 0.25) is 0 Å². The van der Waals surface area contributed by atoms with Crippen LogP contribution in [0.15, 0.2) is 24.3 Å². The Morgan fingerprint density at radius 2 is 2.25 bits per heavy atom. The number of hydrogen-bond acceptors (Lipinski definition) is 3. The number of carbonyl (C=O) groups excluding carboxylic acids is 1. The minimum absolute atomic E-state index is 0. The molecule has 5 heteroatoms. The Bertz CT molecular complexity index is 371. The molecule has 0 aliphatic carbocycles. The number of para-hydroxylation sites is 1. The highest BCUT2D eigenvalue weighted by molar-refractivity contribution is 5.85. The van der Waals surface area contributed by atoms with Crippen molar-refractivity contribution in [2.75, 3.05) is 20.2 Å². The standard InChI is InChI=1S/C11H14N2O2.ClH/c1-12-6-11(14)13-9-7-15-10-5-3-2-4-8(9)10;/h2-5,9,12H,6-7H2,1H3,(H,13,14);1H. The molecule has 1 atom stereocenters. The zero-order chi connectivity index (χ0) is 10.7. The van der Waals surface area contributed by atoms with E-state index in [1.165, 1.54) is 0 Å². The van der Waals surface area contributed by atoms with Crippen LogP contribution >= 0.6 is 12.4 Å². The number of carbonyl (C=O) groups is 1. The minimum atomic E-state index is -0.0120. The number of hydrogen-bond donors (Lipinski definition) is 2. The average molecular weight is 243 g/mol. The van der Waals surface area contributed by atoms with Gasteiger partial charge < -0.3 is 15.4 Å². The van der Waals surface area contributed by atoms with Crippen molar-refractivity contribution in [2.24, 2.45) is 0 Å².